The number of hydrogen-bond donors (Lipinski definition) is 0. The standard InChI is InChI=1S/C21H23N3O6/c1-6-30-21(25)18-19(13-11-16(27-3)20(29-5)17(12-13)28-4)24(23-22-18)14-7-9-15(26-2)10-8-14/h7-12H,6H2,1-5H3. The van der Waals surface area contributed by atoms with Gasteiger partial charge in [0.25, 0.3) is 0 Å². The maximum Gasteiger partial charge on any atom is 0.361 e. The predicted molar refractivity (Wildman–Crippen MR) is 109 cm³/mol. The Labute approximate surface area is 174 Å². The van der Waals surface area contributed by atoms with E-state index in [0.717, 1.165) is 0 Å². The van der Waals surface area contributed by atoms with Gasteiger partial charge in [0, 0.05) is 5.56 Å². The molecule has 0 unspecified atom stereocenters. The number of carbonyl (C=O) groups excluding carboxylic acids is 1. The van der Waals surface area contributed by atoms with Crippen LogP contribution in [-0.4, -0.2) is 56.0 Å². The lowest BCUT2D eigenvalue weighted by Crippen LogP contribution is -2.08. The van der Waals surface area contributed by atoms with Crippen LogP contribution in [0, 0.1) is 0 Å². The highest BCUT2D eigenvalue weighted by molar-refractivity contribution is 5.95. The highest BCUT2D eigenvalue weighted by Gasteiger charge is 2.26. The lowest BCUT2D eigenvalue weighted by atomic mass is 10.1. The van der Waals surface area contributed by atoms with Gasteiger partial charge in [-0.25, -0.2) is 9.48 Å². The van der Waals surface area contributed by atoms with Gasteiger partial charge in [-0.2, -0.15) is 0 Å². The van der Waals surface area contributed by atoms with E-state index in [1.54, 1.807) is 43.0 Å². The minimum atomic E-state index is -0.582. The van der Waals surface area contributed by atoms with E-state index in [1.165, 1.54) is 21.3 Å². The molecule has 0 aliphatic carbocycles. The van der Waals surface area contributed by atoms with Crippen LogP contribution in [-0.2, 0) is 4.74 Å². The molecular formula is C21H23N3O6. The minimum Gasteiger partial charge on any atom is -0.497 e. The van der Waals surface area contributed by atoms with Gasteiger partial charge in [0.2, 0.25) is 5.75 Å². The molecule has 1 aromatic heterocycles. The largest absolute Gasteiger partial charge is 0.497 e. The van der Waals surface area contributed by atoms with Crippen LogP contribution in [0.25, 0.3) is 16.9 Å². The van der Waals surface area contributed by atoms with Crippen molar-refractivity contribution in [3.63, 3.8) is 0 Å². The Balaban J connectivity index is 2.25. The second-order valence-electron chi connectivity index (χ2n) is 6.03. The molecule has 30 heavy (non-hydrogen) atoms. The number of rotatable bonds is 8. The lowest BCUT2D eigenvalue weighted by molar-refractivity contribution is 0.0520. The number of carbonyl (C=O) groups is 1. The maximum absolute atomic E-state index is 12.6. The summed E-state index contributed by atoms with van der Waals surface area (Å²) in [5, 5.41) is 8.27. The van der Waals surface area contributed by atoms with E-state index in [9.17, 15) is 4.79 Å². The van der Waals surface area contributed by atoms with Crippen LogP contribution >= 0.6 is 0 Å². The zero-order valence-corrected chi connectivity index (χ0v) is 17.5. The van der Waals surface area contributed by atoms with Crippen molar-refractivity contribution in [2.24, 2.45) is 0 Å². The van der Waals surface area contributed by atoms with E-state index >= 15 is 0 Å². The van der Waals surface area contributed by atoms with Crippen LogP contribution in [0.5, 0.6) is 23.0 Å². The summed E-state index contributed by atoms with van der Waals surface area (Å²) >= 11 is 0. The van der Waals surface area contributed by atoms with Gasteiger partial charge in [0.1, 0.15) is 11.4 Å². The normalized spacial score (nSPS) is 10.4. The average molecular weight is 413 g/mol. The fourth-order valence-corrected chi connectivity index (χ4v) is 3.00. The van der Waals surface area contributed by atoms with Crippen LogP contribution in [0.1, 0.15) is 17.4 Å². The van der Waals surface area contributed by atoms with Crippen molar-refractivity contribution >= 4 is 5.97 Å². The number of methoxy groups -OCH3 is 4. The Bertz CT molecular complexity index is 1000. The van der Waals surface area contributed by atoms with E-state index in [4.69, 9.17) is 23.7 Å². The van der Waals surface area contributed by atoms with Gasteiger partial charge in [0.15, 0.2) is 17.2 Å². The monoisotopic (exact) mass is 413 g/mol. The van der Waals surface area contributed by atoms with E-state index in [0.29, 0.717) is 39.9 Å². The lowest BCUT2D eigenvalue weighted by Gasteiger charge is -2.15. The molecule has 9 heteroatoms. The molecule has 2 aromatic carbocycles. The van der Waals surface area contributed by atoms with Gasteiger partial charge in [-0.15, -0.1) is 5.10 Å². The van der Waals surface area contributed by atoms with Crippen LogP contribution in [0.4, 0.5) is 0 Å². The molecule has 0 saturated carbocycles. The summed E-state index contributed by atoms with van der Waals surface area (Å²) < 4.78 is 28.2. The molecule has 3 aromatic rings. The Kier molecular flexibility index (Phi) is 6.41. The maximum atomic E-state index is 12.6. The van der Waals surface area contributed by atoms with Gasteiger partial charge >= 0.3 is 5.97 Å². The first kappa shape index (κ1) is 21.0. The van der Waals surface area contributed by atoms with Gasteiger partial charge in [0.05, 0.1) is 40.7 Å². The first-order chi connectivity index (χ1) is 14.6. The number of esters is 1. The third-order valence-electron chi connectivity index (χ3n) is 4.39. The van der Waals surface area contributed by atoms with Crippen LogP contribution in [0.15, 0.2) is 36.4 Å². The molecular weight excluding hydrogens is 390 g/mol. The average Bonchev–Trinajstić information content (AvgIpc) is 3.23. The second kappa shape index (κ2) is 9.17. The molecule has 1 heterocycles. The summed E-state index contributed by atoms with van der Waals surface area (Å²) in [6.45, 7) is 1.94. The number of ether oxygens (including phenoxy) is 5. The van der Waals surface area contributed by atoms with E-state index < -0.39 is 5.97 Å². The van der Waals surface area contributed by atoms with Crippen LogP contribution < -0.4 is 18.9 Å². The zero-order valence-electron chi connectivity index (χ0n) is 17.5. The van der Waals surface area contributed by atoms with Crippen molar-refractivity contribution in [3.05, 3.63) is 42.1 Å². The van der Waals surface area contributed by atoms with E-state index in [-0.39, 0.29) is 12.3 Å². The van der Waals surface area contributed by atoms with Crippen molar-refractivity contribution in [3.8, 4) is 39.9 Å². The first-order valence-corrected chi connectivity index (χ1v) is 9.15. The summed E-state index contributed by atoms with van der Waals surface area (Å²) in [4.78, 5) is 12.6. The molecule has 0 atom stereocenters. The third-order valence-corrected chi connectivity index (χ3v) is 4.39. The smallest absolute Gasteiger partial charge is 0.361 e. The molecule has 0 spiro atoms. The number of hydrogen-bond acceptors (Lipinski definition) is 8. The summed E-state index contributed by atoms with van der Waals surface area (Å²) in [5.41, 5.74) is 1.77. The SMILES string of the molecule is CCOC(=O)c1nnn(-c2ccc(OC)cc2)c1-c1cc(OC)c(OC)c(OC)c1. The molecule has 0 aliphatic rings. The van der Waals surface area contributed by atoms with Crippen molar-refractivity contribution in [1.29, 1.82) is 0 Å². The summed E-state index contributed by atoms with van der Waals surface area (Å²) in [5.74, 6) is 1.41. The highest BCUT2D eigenvalue weighted by atomic mass is 16.5. The van der Waals surface area contributed by atoms with E-state index in [1.807, 2.05) is 12.1 Å². The van der Waals surface area contributed by atoms with Crippen LogP contribution in [0.2, 0.25) is 0 Å². The Morgan fingerprint density at radius 3 is 2.07 bits per heavy atom. The van der Waals surface area contributed by atoms with E-state index in [2.05, 4.69) is 10.3 Å². The van der Waals surface area contributed by atoms with Crippen molar-refractivity contribution < 1.29 is 28.5 Å². The molecule has 0 N–H and O–H groups in total. The summed E-state index contributed by atoms with van der Waals surface area (Å²) in [6.07, 6.45) is 0. The number of aromatic nitrogens is 3. The highest BCUT2D eigenvalue weighted by Crippen LogP contribution is 2.42. The van der Waals surface area contributed by atoms with Crippen molar-refractivity contribution in [2.75, 3.05) is 35.0 Å². The number of benzene rings is 2. The molecule has 9 nitrogen and oxygen atoms in total. The zero-order chi connectivity index (χ0) is 21.7. The Morgan fingerprint density at radius 1 is 0.933 bits per heavy atom. The molecule has 158 valence electrons. The molecule has 3 rings (SSSR count). The summed E-state index contributed by atoms with van der Waals surface area (Å²) in [7, 11) is 6.15. The van der Waals surface area contributed by atoms with Crippen LogP contribution in [0.3, 0.4) is 0 Å². The second-order valence-corrected chi connectivity index (χ2v) is 6.03. The quantitative estimate of drug-likeness (QED) is 0.520. The molecule has 0 amide bonds. The van der Waals surface area contributed by atoms with Gasteiger partial charge in [-0.1, -0.05) is 5.21 Å². The topological polar surface area (TPSA) is 93.9 Å². The van der Waals surface area contributed by atoms with Gasteiger partial charge in [-0.3, -0.25) is 0 Å². The fraction of sp³-hybridized carbons (Fsp3) is 0.286. The fourth-order valence-electron chi connectivity index (χ4n) is 3.00. The Hall–Kier alpha value is -3.75. The predicted octanol–water partition coefficient (Wildman–Crippen LogP) is 3.15. The Morgan fingerprint density at radius 2 is 1.57 bits per heavy atom. The molecule has 0 fully saturated rings. The first-order valence-electron chi connectivity index (χ1n) is 9.15. The van der Waals surface area contributed by atoms with Gasteiger partial charge < -0.3 is 23.7 Å². The molecule has 0 aliphatic heterocycles. The van der Waals surface area contributed by atoms with Crippen molar-refractivity contribution in [1.82, 2.24) is 15.0 Å². The minimum absolute atomic E-state index is 0.0712. The molecule has 0 saturated heterocycles. The molecule has 0 bridgehead atoms. The third kappa shape index (κ3) is 3.86. The van der Waals surface area contributed by atoms with Crippen molar-refractivity contribution in [2.45, 2.75) is 6.92 Å². The summed E-state index contributed by atoms with van der Waals surface area (Å²) in [6, 6.07) is 10.7. The molecule has 0 radical (unpaired) electrons. The van der Waals surface area contributed by atoms with Gasteiger partial charge in [-0.05, 0) is 43.3 Å². The number of nitrogens with zero attached hydrogens (tertiary/aromatic N) is 3.